The summed E-state index contributed by atoms with van der Waals surface area (Å²) >= 11 is 3.36. The van der Waals surface area contributed by atoms with Gasteiger partial charge in [-0.15, -0.1) is 0 Å². The molecule has 6 nitrogen and oxygen atoms in total. The Hall–Kier alpha value is -1.73. The maximum absolute atomic E-state index is 12.5. The third kappa shape index (κ3) is 5.62. The molecule has 0 radical (unpaired) electrons. The SMILES string of the molecule is CC1CCN(CCCCNC(=O)Cn2cnc3ccc(Br)cc3c2=O)CC1. The van der Waals surface area contributed by atoms with Gasteiger partial charge in [0.15, 0.2) is 0 Å². The highest BCUT2D eigenvalue weighted by Crippen LogP contribution is 2.16. The molecule has 0 atom stereocenters. The lowest BCUT2D eigenvalue weighted by Gasteiger charge is -2.30. The van der Waals surface area contributed by atoms with Crippen LogP contribution in [0, 0.1) is 5.92 Å². The van der Waals surface area contributed by atoms with Gasteiger partial charge in [0.05, 0.1) is 17.2 Å². The van der Waals surface area contributed by atoms with Gasteiger partial charge in [-0.05, 0) is 69.4 Å². The Kier molecular flexibility index (Phi) is 7.01. The Morgan fingerprint density at radius 1 is 1.30 bits per heavy atom. The lowest BCUT2D eigenvalue weighted by atomic mass is 9.99. The molecule has 2 heterocycles. The fourth-order valence-electron chi connectivity index (χ4n) is 3.43. The first-order valence-corrected chi connectivity index (χ1v) is 10.5. The van der Waals surface area contributed by atoms with Crippen molar-refractivity contribution in [3.8, 4) is 0 Å². The predicted molar refractivity (Wildman–Crippen MR) is 111 cm³/mol. The number of nitrogens with one attached hydrogen (secondary N) is 1. The summed E-state index contributed by atoms with van der Waals surface area (Å²) in [7, 11) is 0. The highest BCUT2D eigenvalue weighted by atomic mass is 79.9. The number of unbranched alkanes of at least 4 members (excludes halogenated alkanes) is 1. The number of amides is 1. The van der Waals surface area contributed by atoms with Gasteiger partial charge in [-0.25, -0.2) is 4.98 Å². The molecule has 146 valence electrons. The van der Waals surface area contributed by atoms with Crippen molar-refractivity contribution in [1.82, 2.24) is 19.8 Å². The molecule has 3 rings (SSSR count). The van der Waals surface area contributed by atoms with Crippen LogP contribution in [0.25, 0.3) is 10.9 Å². The normalized spacial score (nSPS) is 15.9. The van der Waals surface area contributed by atoms with E-state index in [1.807, 2.05) is 6.07 Å². The van der Waals surface area contributed by atoms with Crippen LogP contribution in [0.4, 0.5) is 0 Å². The first-order valence-electron chi connectivity index (χ1n) is 9.66. The number of piperidine rings is 1. The number of likely N-dealkylation sites (tertiary alicyclic amines) is 1. The number of aromatic nitrogens is 2. The van der Waals surface area contributed by atoms with E-state index in [1.54, 1.807) is 12.1 Å². The Bertz CT molecular complexity index is 843. The van der Waals surface area contributed by atoms with Gasteiger partial charge >= 0.3 is 0 Å². The second kappa shape index (κ2) is 9.46. The fraction of sp³-hybridized carbons (Fsp3) is 0.550. The van der Waals surface area contributed by atoms with Crippen molar-refractivity contribution in [2.45, 2.75) is 39.2 Å². The Morgan fingerprint density at radius 2 is 2.07 bits per heavy atom. The van der Waals surface area contributed by atoms with E-state index in [-0.39, 0.29) is 18.0 Å². The molecule has 0 spiro atoms. The molecule has 0 unspecified atom stereocenters. The van der Waals surface area contributed by atoms with Crippen molar-refractivity contribution in [1.29, 1.82) is 0 Å². The molecular weight excluding hydrogens is 408 g/mol. The average molecular weight is 435 g/mol. The van der Waals surface area contributed by atoms with Crippen LogP contribution in [-0.2, 0) is 11.3 Å². The van der Waals surface area contributed by atoms with Gasteiger partial charge in [-0.3, -0.25) is 14.2 Å². The highest BCUT2D eigenvalue weighted by Gasteiger charge is 2.14. The Balaban J connectivity index is 1.42. The number of carbonyl (C=O) groups excluding carboxylic acids is 1. The lowest BCUT2D eigenvalue weighted by molar-refractivity contribution is -0.121. The van der Waals surface area contributed by atoms with Gasteiger partial charge in [0.2, 0.25) is 5.91 Å². The van der Waals surface area contributed by atoms with Crippen LogP contribution in [0.5, 0.6) is 0 Å². The summed E-state index contributed by atoms with van der Waals surface area (Å²) in [5.74, 6) is 0.703. The molecule has 7 heteroatoms. The average Bonchev–Trinajstić information content (AvgIpc) is 2.66. The number of hydrogen-bond donors (Lipinski definition) is 1. The third-order valence-electron chi connectivity index (χ3n) is 5.20. The van der Waals surface area contributed by atoms with E-state index in [0.717, 1.165) is 29.8 Å². The van der Waals surface area contributed by atoms with Crippen LogP contribution in [0.3, 0.4) is 0 Å². The van der Waals surface area contributed by atoms with Crippen molar-refractivity contribution < 1.29 is 4.79 Å². The minimum absolute atomic E-state index is 0.00169. The van der Waals surface area contributed by atoms with Crippen LogP contribution >= 0.6 is 15.9 Å². The molecule has 27 heavy (non-hydrogen) atoms. The van der Waals surface area contributed by atoms with Crippen molar-refractivity contribution >= 4 is 32.7 Å². The van der Waals surface area contributed by atoms with E-state index >= 15 is 0 Å². The van der Waals surface area contributed by atoms with E-state index in [2.05, 4.69) is 38.1 Å². The summed E-state index contributed by atoms with van der Waals surface area (Å²) in [5, 5.41) is 3.42. The number of rotatable bonds is 7. The predicted octanol–water partition coefficient (Wildman–Crippen LogP) is 2.79. The first kappa shape index (κ1) is 20.0. The van der Waals surface area contributed by atoms with Gasteiger partial charge in [0, 0.05) is 11.0 Å². The molecule has 1 aromatic heterocycles. The number of benzene rings is 1. The van der Waals surface area contributed by atoms with Gasteiger partial charge in [-0.2, -0.15) is 0 Å². The summed E-state index contributed by atoms with van der Waals surface area (Å²) in [5.41, 5.74) is 0.433. The summed E-state index contributed by atoms with van der Waals surface area (Å²) in [6.07, 6.45) is 6.06. The van der Waals surface area contributed by atoms with E-state index in [9.17, 15) is 9.59 Å². The standard InChI is InChI=1S/C20H27BrN4O2/c1-15-6-10-24(11-7-15)9-3-2-8-22-19(26)13-25-14-23-18-5-4-16(21)12-17(18)20(25)27/h4-5,12,14-15H,2-3,6-11,13H2,1H3,(H,22,26). The van der Waals surface area contributed by atoms with Crippen LogP contribution in [0.2, 0.25) is 0 Å². The Labute approximate surface area is 168 Å². The van der Waals surface area contributed by atoms with Gasteiger partial charge in [0.1, 0.15) is 6.54 Å². The minimum Gasteiger partial charge on any atom is -0.355 e. The van der Waals surface area contributed by atoms with E-state index in [4.69, 9.17) is 0 Å². The van der Waals surface area contributed by atoms with Crippen LogP contribution < -0.4 is 10.9 Å². The van der Waals surface area contributed by atoms with E-state index in [1.165, 1.54) is 36.8 Å². The minimum atomic E-state index is -0.198. The number of halogens is 1. The molecule has 1 aliphatic rings. The van der Waals surface area contributed by atoms with Gasteiger partial charge in [-0.1, -0.05) is 22.9 Å². The van der Waals surface area contributed by atoms with Crippen LogP contribution in [0.1, 0.15) is 32.6 Å². The maximum atomic E-state index is 12.5. The largest absolute Gasteiger partial charge is 0.355 e. The topological polar surface area (TPSA) is 67.2 Å². The van der Waals surface area contributed by atoms with Crippen molar-refractivity contribution in [2.24, 2.45) is 5.92 Å². The molecule has 2 aromatic rings. The van der Waals surface area contributed by atoms with Gasteiger partial charge < -0.3 is 10.2 Å². The molecule has 1 saturated heterocycles. The fourth-order valence-corrected chi connectivity index (χ4v) is 3.79. The second-order valence-electron chi connectivity index (χ2n) is 7.42. The third-order valence-corrected chi connectivity index (χ3v) is 5.69. The zero-order valence-corrected chi connectivity index (χ0v) is 17.4. The molecule has 0 bridgehead atoms. The van der Waals surface area contributed by atoms with Crippen LogP contribution in [0.15, 0.2) is 33.8 Å². The van der Waals surface area contributed by atoms with E-state index < -0.39 is 0 Å². The maximum Gasteiger partial charge on any atom is 0.261 e. The zero-order chi connectivity index (χ0) is 19.2. The van der Waals surface area contributed by atoms with Crippen LogP contribution in [-0.4, -0.2) is 46.5 Å². The molecule has 0 saturated carbocycles. The summed E-state index contributed by atoms with van der Waals surface area (Å²) in [4.78, 5) is 31.4. The molecular formula is C20H27BrN4O2. The zero-order valence-electron chi connectivity index (χ0n) is 15.8. The summed E-state index contributed by atoms with van der Waals surface area (Å²) in [6, 6.07) is 5.37. The highest BCUT2D eigenvalue weighted by molar-refractivity contribution is 9.10. The molecule has 1 fully saturated rings. The van der Waals surface area contributed by atoms with Crippen molar-refractivity contribution in [3.05, 3.63) is 39.4 Å². The van der Waals surface area contributed by atoms with Crippen molar-refractivity contribution in [2.75, 3.05) is 26.2 Å². The molecule has 1 amide bonds. The summed E-state index contributed by atoms with van der Waals surface area (Å²) < 4.78 is 2.18. The molecule has 1 aliphatic heterocycles. The van der Waals surface area contributed by atoms with Crippen molar-refractivity contribution in [3.63, 3.8) is 0 Å². The number of carbonyl (C=O) groups is 1. The monoisotopic (exact) mass is 434 g/mol. The number of fused-ring (bicyclic) bond motifs is 1. The smallest absolute Gasteiger partial charge is 0.261 e. The summed E-state index contributed by atoms with van der Waals surface area (Å²) in [6.45, 7) is 6.46. The Morgan fingerprint density at radius 3 is 2.85 bits per heavy atom. The van der Waals surface area contributed by atoms with E-state index in [0.29, 0.717) is 17.4 Å². The van der Waals surface area contributed by atoms with Gasteiger partial charge in [0.25, 0.3) is 5.56 Å². The molecule has 0 aliphatic carbocycles. The molecule has 1 N–H and O–H groups in total. The quantitative estimate of drug-likeness (QED) is 0.680. The number of nitrogens with zero attached hydrogens (tertiary/aromatic N) is 3. The lowest BCUT2D eigenvalue weighted by Crippen LogP contribution is -2.35. The number of hydrogen-bond acceptors (Lipinski definition) is 4. The second-order valence-corrected chi connectivity index (χ2v) is 8.34. The first-order chi connectivity index (χ1) is 13.0. The molecule has 1 aromatic carbocycles.